The number of carbonyl (C=O) groups is 1. The summed E-state index contributed by atoms with van der Waals surface area (Å²) in [6.45, 7) is 3.10. The Kier molecular flexibility index (Phi) is 3.92. The predicted octanol–water partition coefficient (Wildman–Crippen LogP) is 2.30. The highest BCUT2D eigenvalue weighted by Gasteiger charge is 2.24. The molecule has 16 heavy (non-hydrogen) atoms. The largest absolute Gasteiger partial charge is 0.338 e. The molecule has 1 atom stereocenters. The lowest BCUT2D eigenvalue weighted by Gasteiger charge is -2.22. The lowest BCUT2D eigenvalue weighted by atomic mass is 9.94. The average molecular weight is 237 g/mol. The van der Waals surface area contributed by atoms with E-state index in [0.29, 0.717) is 11.4 Å². The van der Waals surface area contributed by atoms with Crippen LogP contribution in [0.25, 0.3) is 0 Å². The van der Waals surface area contributed by atoms with Gasteiger partial charge >= 0.3 is 0 Å². The molecular formula is C12H13ClN2O. The summed E-state index contributed by atoms with van der Waals surface area (Å²) in [4.78, 5) is 11.0. The summed E-state index contributed by atoms with van der Waals surface area (Å²) < 4.78 is 0. The van der Waals surface area contributed by atoms with Crippen LogP contribution in [0.15, 0.2) is 24.3 Å². The molecule has 0 bridgehead atoms. The van der Waals surface area contributed by atoms with Gasteiger partial charge in [-0.05, 0) is 24.6 Å². The van der Waals surface area contributed by atoms with Crippen LogP contribution in [0.2, 0.25) is 5.02 Å². The van der Waals surface area contributed by atoms with E-state index in [1.54, 1.807) is 19.1 Å². The van der Waals surface area contributed by atoms with Crippen LogP contribution in [-0.2, 0) is 11.2 Å². The first kappa shape index (κ1) is 12.5. The second-order valence-electron chi connectivity index (χ2n) is 3.93. The molecule has 0 fully saturated rings. The standard InChI is InChI=1S/C12H13ClN2O/c1-9(16)15-12(2,8-14)7-10-3-5-11(13)6-4-10/h3-6H,7H2,1-2H3,(H,15,16)/t12-/m1/s1. The van der Waals surface area contributed by atoms with Crippen LogP contribution in [-0.4, -0.2) is 11.4 Å². The fourth-order valence-corrected chi connectivity index (χ4v) is 1.64. The highest BCUT2D eigenvalue weighted by Crippen LogP contribution is 2.15. The minimum absolute atomic E-state index is 0.210. The molecule has 0 spiro atoms. The molecule has 1 amide bonds. The SMILES string of the molecule is CC(=O)N[C@@](C)(C#N)Cc1ccc(Cl)cc1. The number of rotatable bonds is 3. The summed E-state index contributed by atoms with van der Waals surface area (Å²) in [5.74, 6) is -0.210. The molecule has 1 N–H and O–H groups in total. The first-order valence-electron chi connectivity index (χ1n) is 4.90. The number of nitrogens with one attached hydrogen (secondary N) is 1. The maximum absolute atomic E-state index is 11.0. The molecule has 0 radical (unpaired) electrons. The van der Waals surface area contributed by atoms with Gasteiger partial charge in [0.05, 0.1) is 6.07 Å². The Morgan fingerprint density at radius 1 is 1.50 bits per heavy atom. The quantitative estimate of drug-likeness (QED) is 0.876. The lowest BCUT2D eigenvalue weighted by molar-refractivity contribution is -0.120. The molecule has 1 rings (SSSR count). The van der Waals surface area contributed by atoms with E-state index in [-0.39, 0.29) is 5.91 Å². The number of halogens is 1. The van der Waals surface area contributed by atoms with Gasteiger partial charge in [0, 0.05) is 18.4 Å². The Bertz CT molecular complexity index is 422. The van der Waals surface area contributed by atoms with Gasteiger partial charge in [-0.15, -0.1) is 0 Å². The van der Waals surface area contributed by atoms with Gasteiger partial charge in [0.2, 0.25) is 5.91 Å². The zero-order valence-corrected chi connectivity index (χ0v) is 10.0. The summed E-state index contributed by atoms with van der Waals surface area (Å²) in [7, 11) is 0. The van der Waals surface area contributed by atoms with E-state index in [2.05, 4.69) is 11.4 Å². The van der Waals surface area contributed by atoms with Crippen LogP contribution < -0.4 is 5.32 Å². The molecule has 1 aromatic carbocycles. The number of nitrogens with zero attached hydrogens (tertiary/aromatic N) is 1. The van der Waals surface area contributed by atoms with Gasteiger partial charge in [0.15, 0.2) is 0 Å². The van der Waals surface area contributed by atoms with E-state index in [9.17, 15) is 4.79 Å². The van der Waals surface area contributed by atoms with Gasteiger partial charge in [-0.2, -0.15) is 5.26 Å². The van der Waals surface area contributed by atoms with Crippen molar-refractivity contribution in [3.05, 3.63) is 34.9 Å². The second kappa shape index (κ2) is 5.00. The molecule has 1 aromatic rings. The van der Waals surface area contributed by atoms with Gasteiger partial charge < -0.3 is 5.32 Å². The molecular weight excluding hydrogens is 224 g/mol. The molecule has 84 valence electrons. The molecule has 0 unspecified atom stereocenters. The summed E-state index contributed by atoms with van der Waals surface area (Å²) in [5, 5.41) is 12.3. The summed E-state index contributed by atoms with van der Waals surface area (Å²) in [5.41, 5.74) is 0.0850. The maximum Gasteiger partial charge on any atom is 0.218 e. The number of hydrogen-bond donors (Lipinski definition) is 1. The molecule has 0 aliphatic carbocycles. The molecule has 0 aromatic heterocycles. The molecule has 0 aliphatic heterocycles. The van der Waals surface area contributed by atoms with Crippen LogP contribution in [0.1, 0.15) is 19.4 Å². The van der Waals surface area contributed by atoms with Crippen molar-refractivity contribution in [1.82, 2.24) is 5.32 Å². The minimum Gasteiger partial charge on any atom is -0.338 e. The smallest absolute Gasteiger partial charge is 0.218 e. The first-order valence-corrected chi connectivity index (χ1v) is 5.27. The number of carbonyl (C=O) groups excluding carboxylic acids is 1. The fourth-order valence-electron chi connectivity index (χ4n) is 1.51. The van der Waals surface area contributed by atoms with E-state index < -0.39 is 5.54 Å². The van der Waals surface area contributed by atoms with E-state index >= 15 is 0 Å². The van der Waals surface area contributed by atoms with Crippen LogP contribution in [0.5, 0.6) is 0 Å². The van der Waals surface area contributed by atoms with Gasteiger partial charge in [-0.25, -0.2) is 0 Å². The maximum atomic E-state index is 11.0. The summed E-state index contributed by atoms with van der Waals surface area (Å²) in [6, 6.07) is 9.33. The molecule has 0 saturated carbocycles. The molecule has 0 aliphatic rings. The Morgan fingerprint density at radius 3 is 2.50 bits per heavy atom. The lowest BCUT2D eigenvalue weighted by Crippen LogP contribution is -2.45. The van der Waals surface area contributed by atoms with Crippen LogP contribution in [0.4, 0.5) is 0 Å². The van der Waals surface area contributed by atoms with Gasteiger partial charge in [0.1, 0.15) is 5.54 Å². The third-order valence-corrected chi connectivity index (χ3v) is 2.42. The summed E-state index contributed by atoms with van der Waals surface area (Å²) >= 11 is 5.77. The minimum atomic E-state index is -0.875. The van der Waals surface area contributed by atoms with Crippen LogP contribution in [0.3, 0.4) is 0 Å². The molecule has 4 heteroatoms. The highest BCUT2D eigenvalue weighted by atomic mass is 35.5. The van der Waals surface area contributed by atoms with Crippen LogP contribution >= 0.6 is 11.6 Å². The zero-order valence-electron chi connectivity index (χ0n) is 9.25. The van der Waals surface area contributed by atoms with Crippen molar-refractivity contribution in [1.29, 1.82) is 5.26 Å². The second-order valence-corrected chi connectivity index (χ2v) is 4.36. The van der Waals surface area contributed by atoms with E-state index in [1.165, 1.54) is 6.92 Å². The molecule has 0 heterocycles. The Balaban J connectivity index is 2.81. The number of nitriles is 1. The van der Waals surface area contributed by atoms with Crippen molar-refractivity contribution in [2.24, 2.45) is 0 Å². The third-order valence-electron chi connectivity index (χ3n) is 2.17. The predicted molar refractivity (Wildman–Crippen MR) is 63.0 cm³/mol. The summed E-state index contributed by atoms with van der Waals surface area (Å²) in [6.07, 6.45) is 0.459. The Hall–Kier alpha value is -1.53. The van der Waals surface area contributed by atoms with E-state index in [0.717, 1.165) is 5.56 Å². The monoisotopic (exact) mass is 236 g/mol. The number of benzene rings is 1. The highest BCUT2D eigenvalue weighted by molar-refractivity contribution is 6.30. The van der Waals surface area contributed by atoms with E-state index in [4.69, 9.17) is 16.9 Å². The van der Waals surface area contributed by atoms with Crippen molar-refractivity contribution < 1.29 is 4.79 Å². The van der Waals surface area contributed by atoms with Crippen molar-refractivity contribution in [3.8, 4) is 6.07 Å². The Morgan fingerprint density at radius 2 is 2.06 bits per heavy atom. The normalized spacial score (nSPS) is 13.6. The third kappa shape index (κ3) is 3.56. The molecule has 0 saturated heterocycles. The Labute approximate surface area is 100 Å². The van der Waals surface area contributed by atoms with Crippen molar-refractivity contribution in [2.45, 2.75) is 25.8 Å². The average Bonchev–Trinajstić information content (AvgIpc) is 2.20. The van der Waals surface area contributed by atoms with Crippen molar-refractivity contribution in [3.63, 3.8) is 0 Å². The molecule has 3 nitrogen and oxygen atoms in total. The van der Waals surface area contributed by atoms with Gasteiger partial charge in [-0.1, -0.05) is 23.7 Å². The topological polar surface area (TPSA) is 52.9 Å². The zero-order chi connectivity index (χ0) is 12.2. The van der Waals surface area contributed by atoms with Gasteiger partial charge in [0.25, 0.3) is 0 Å². The fraction of sp³-hybridized carbons (Fsp3) is 0.333. The van der Waals surface area contributed by atoms with Crippen LogP contribution in [0, 0.1) is 11.3 Å². The van der Waals surface area contributed by atoms with Gasteiger partial charge in [-0.3, -0.25) is 4.79 Å². The van der Waals surface area contributed by atoms with E-state index in [1.807, 2.05) is 12.1 Å². The number of hydrogen-bond acceptors (Lipinski definition) is 2. The van der Waals surface area contributed by atoms with Crippen molar-refractivity contribution in [2.75, 3.05) is 0 Å². The first-order chi connectivity index (χ1) is 7.45. The number of amides is 1. The van der Waals surface area contributed by atoms with Crippen molar-refractivity contribution >= 4 is 17.5 Å².